The maximum absolute atomic E-state index is 14.4. The standard InChI is InChI=1S/C32H41N3O8S/c1-21(2)33-32(37)23(4)34(19-24-12-10-9-11-22(24)3)31(36)20-35(27-17-25(40-5)13-15-28(27)41-6)44(38,39)26-14-16-29(42-7)30(18-26)43-8/h9-18,21,23H,19-20H2,1-8H3,(H,33,37)/t23-/m1/s1. The van der Waals surface area contributed by atoms with Crippen LogP contribution < -0.4 is 28.6 Å². The topological polar surface area (TPSA) is 124 Å². The number of ether oxygens (including phenoxy) is 4. The molecule has 0 radical (unpaired) electrons. The number of carbonyl (C=O) groups excluding carboxylic acids is 2. The lowest BCUT2D eigenvalue weighted by Crippen LogP contribution is -2.52. The normalized spacial score (nSPS) is 11.8. The van der Waals surface area contributed by atoms with E-state index in [0.717, 1.165) is 15.4 Å². The van der Waals surface area contributed by atoms with Crippen LogP contribution in [0.5, 0.6) is 23.0 Å². The number of anilines is 1. The summed E-state index contributed by atoms with van der Waals surface area (Å²) in [7, 11) is 1.26. The highest BCUT2D eigenvalue weighted by molar-refractivity contribution is 7.92. The Hall–Kier alpha value is -4.45. The minimum atomic E-state index is -4.43. The van der Waals surface area contributed by atoms with Crippen molar-refractivity contribution in [3.63, 3.8) is 0 Å². The first-order valence-electron chi connectivity index (χ1n) is 14.0. The number of sulfonamides is 1. The second kappa shape index (κ2) is 14.8. The predicted octanol–water partition coefficient (Wildman–Crippen LogP) is 4.17. The van der Waals surface area contributed by atoms with E-state index in [4.69, 9.17) is 18.9 Å². The van der Waals surface area contributed by atoms with Crippen LogP contribution in [0.4, 0.5) is 5.69 Å². The first-order chi connectivity index (χ1) is 20.9. The number of aryl methyl sites for hydroxylation is 1. The molecule has 0 unspecified atom stereocenters. The van der Waals surface area contributed by atoms with Gasteiger partial charge in [0.2, 0.25) is 11.8 Å². The zero-order chi connectivity index (χ0) is 32.6. The molecule has 3 aromatic carbocycles. The molecular weight excluding hydrogens is 586 g/mol. The van der Waals surface area contributed by atoms with Gasteiger partial charge in [0, 0.05) is 24.7 Å². The van der Waals surface area contributed by atoms with E-state index in [9.17, 15) is 18.0 Å². The Balaban J connectivity index is 2.18. The Bertz CT molecular complexity index is 1580. The van der Waals surface area contributed by atoms with E-state index >= 15 is 0 Å². The molecule has 1 N–H and O–H groups in total. The van der Waals surface area contributed by atoms with E-state index in [1.54, 1.807) is 19.1 Å². The van der Waals surface area contributed by atoms with Gasteiger partial charge in [0.25, 0.3) is 10.0 Å². The quantitative estimate of drug-likeness (QED) is 0.283. The van der Waals surface area contributed by atoms with E-state index in [1.165, 1.54) is 57.6 Å². The van der Waals surface area contributed by atoms with Crippen LogP contribution in [-0.4, -0.2) is 72.2 Å². The van der Waals surface area contributed by atoms with Crippen molar-refractivity contribution in [1.82, 2.24) is 10.2 Å². The van der Waals surface area contributed by atoms with Gasteiger partial charge in [0.1, 0.15) is 24.1 Å². The Morgan fingerprint density at radius 3 is 2.05 bits per heavy atom. The third-order valence-corrected chi connectivity index (χ3v) is 8.83. The number of methoxy groups -OCH3 is 4. The first-order valence-corrected chi connectivity index (χ1v) is 15.4. The molecule has 238 valence electrons. The molecule has 12 heteroatoms. The Kier molecular flexibility index (Phi) is 11.5. The van der Waals surface area contributed by atoms with Gasteiger partial charge < -0.3 is 29.2 Å². The third kappa shape index (κ3) is 7.73. The monoisotopic (exact) mass is 627 g/mol. The molecule has 0 spiro atoms. The first kappa shape index (κ1) is 34.0. The molecule has 0 saturated carbocycles. The summed E-state index contributed by atoms with van der Waals surface area (Å²) in [6.45, 7) is 6.61. The molecule has 2 amide bonds. The summed E-state index contributed by atoms with van der Waals surface area (Å²) in [5.41, 5.74) is 1.81. The number of nitrogens with zero attached hydrogens (tertiary/aromatic N) is 2. The summed E-state index contributed by atoms with van der Waals surface area (Å²) < 4.78 is 51.2. The van der Waals surface area contributed by atoms with Crippen molar-refractivity contribution in [2.24, 2.45) is 0 Å². The maximum atomic E-state index is 14.4. The molecule has 0 fully saturated rings. The van der Waals surface area contributed by atoms with Crippen LogP contribution in [0, 0.1) is 6.92 Å². The number of hydrogen-bond donors (Lipinski definition) is 1. The molecule has 0 aromatic heterocycles. The number of rotatable bonds is 14. The minimum Gasteiger partial charge on any atom is -0.497 e. The van der Waals surface area contributed by atoms with Crippen LogP contribution in [0.15, 0.2) is 65.6 Å². The highest BCUT2D eigenvalue weighted by atomic mass is 32.2. The summed E-state index contributed by atoms with van der Waals surface area (Å²) in [5.74, 6) is 0.102. The Morgan fingerprint density at radius 1 is 0.818 bits per heavy atom. The molecule has 0 heterocycles. The largest absolute Gasteiger partial charge is 0.497 e. The van der Waals surface area contributed by atoms with Gasteiger partial charge in [-0.1, -0.05) is 24.3 Å². The van der Waals surface area contributed by atoms with E-state index < -0.39 is 28.5 Å². The van der Waals surface area contributed by atoms with Crippen LogP contribution in [0.1, 0.15) is 31.9 Å². The van der Waals surface area contributed by atoms with Gasteiger partial charge in [-0.2, -0.15) is 0 Å². The third-order valence-electron chi connectivity index (χ3n) is 7.08. The number of carbonyl (C=O) groups is 2. The van der Waals surface area contributed by atoms with Gasteiger partial charge in [-0.15, -0.1) is 0 Å². The van der Waals surface area contributed by atoms with Gasteiger partial charge >= 0.3 is 0 Å². The van der Waals surface area contributed by atoms with Crippen molar-refractivity contribution in [3.05, 3.63) is 71.8 Å². The SMILES string of the molecule is COc1ccc(OC)c(N(CC(=O)N(Cc2ccccc2C)[C@H](C)C(=O)NC(C)C)S(=O)(=O)c2ccc(OC)c(OC)c2)c1. The summed E-state index contributed by atoms with van der Waals surface area (Å²) >= 11 is 0. The lowest BCUT2D eigenvalue weighted by molar-refractivity contribution is -0.139. The van der Waals surface area contributed by atoms with Crippen LogP contribution in [-0.2, 0) is 26.2 Å². The zero-order valence-electron chi connectivity index (χ0n) is 26.4. The fourth-order valence-electron chi connectivity index (χ4n) is 4.57. The number of benzene rings is 3. The van der Waals surface area contributed by atoms with E-state index in [2.05, 4.69) is 5.32 Å². The molecule has 3 aromatic rings. The van der Waals surface area contributed by atoms with Gasteiger partial charge in [-0.3, -0.25) is 13.9 Å². The maximum Gasteiger partial charge on any atom is 0.265 e. The molecule has 0 saturated heterocycles. The van der Waals surface area contributed by atoms with Crippen molar-refractivity contribution in [1.29, 1.82) is 0 Å². The average molecular weight is 628 g/mol. The van der Waals surface area contributed by atoms with Crippen molar-refractivity contribution < 1.29 is 37.0 Å². The number of nitrogens with one attached hydrogen (secondary N) is 1. The van der Waals surface area contributed by atoms with Gasteiger partial charge in [0.05, 0.1) is 39.0 Å². The lowest BCUT2D eigenvalue weighted by atomic mass is 10.1. The number of hydrogen-bond acceptors (Lipinski definition) is 8. The second-order valence-corrected chi connectivity index (χ2v) is 12.2. The molecule has 44 heavy (non-hydrogen) atoms. The molecular formula is C32H41N3O8S. The summed E-state index contributed by atoms with van der Waals surface area (Å²) in [5, 5.41) is 2.85. The smallest absolute Gasteiger partial charge is 0.265 e. The van der Waals surface area contributed by atoms with Crippen LogP contribution in [0.2, 0.25) is 0 Å². The Labute approximate surface area is 259 Å². The summed E-state index contributed by atoms with van der Waals surface area (Å²) in [6, 6.07) is 15.2. The fourth-order valence-corrected chi connectivity index (χ4v) is 6.00. The van der Waals surface area contributed by atoms with Crippen molar-refractivity contribution in [2.75, 3.05) is 39.3 Å². The lowest BCUT2D eigenvalue weighted by Gasteiger charge is -2.33. The van der Waals surface area contributed by atoms with E-state index in [1.807, 2.05) is 45.0 Å². The molecule has 1 atom stereocenters. The average Bonchev–Trinajstić information content (AvgIpc) is 3.01. The summed E-state index contributed by atoms with van der Waals surface area (Å²) in [4.78, 5) is 28.6. The van der Waals surface area contributed by atoms with Crippen molar-refractivity contribution in [2.45, 2.75) is 51.2 Å². The molecule has 11 nitrogen and oxygen atoms in total. The fraction of sp³-hybridized carbons (Fsp3) is 0.375. The molecule has 0 aliphatic rings. The van der Waals surface area contributed by atoms with Gasteiger partial charge in [0.15, 0.2) is 11.5 Å². The van der Waals surface area contributed by atoms with Crippen molar-refractivity contribution in [3.8, 4) is 23.0 Å². The van der Waals surface area contributed by atoms with Crippen LogP contribution in [0.25, 0.3) is 0 Å². The van der Waals surface area contributed by atoms with Crippen LogP contribution >= 0.6 is 0 Å². The molecule has 3 rings (SSSR count). The van der Waals surface area contributed by atoms with E-state index in [0.29, 0.717) is 11.5 Å². The number of amides is 2. The molecule has 0 aliphatic heterocycles. The highest BCUT2D eigenvalue weighted by Gasteiger charge is 2.35. The van der Waals surface area contributed by atoms with Crippen molar-refractivity contribution >= 4 is 27.5 Å². The van der Waals surface area contributed by atoms with Gasteiger partial charge in [-0.05, 0) is 63.1 Å². The summed E-state index contributed by atoms with van der Waals surface area (Å²) in [6.07, 6.45) is 0. The highest BCUT2D eigenvalue weighted by Crippen LogP contribution is 2.37. The molecule has 0 bridgehead atoms. The minimum absolute atomic E-state index is 0.0742. The Morgan fingerprint density at radius 2 is 1.45 bits per heavy atom. The second-order valence-electron chi connectivity index (χ2n) is 10.4. The van der Waals surface area contributed by atoms with Gasteiger partial charge in [-0.25, -0.2) is 8.42 Å². The predicted molar refractivity (Wildman–Crippen MR) is 168 cm³/mol. The molecule has 0 aliphatic carbocycles. The van der Waals surface area contributed by atoms with Crippen LogP contribution in [0.3, 0.4) is 0 Å². The van der Waals surface area contributed by atoms with E-state index in [-0.39, 0.29) is 40.6 Å². The zero-order valence-corrected chi connectivity index (χ0v) is 27.2.